The number of nitrogens with one attached hydrogen (secondary N) is 1. The summed E-state index contributed by atoms with van der Waals surface area (Å²) >= 11 is 0. The number of anilines is 2. The van der Waals surface area contributed by atoms with E-state index in [0.717, 1.165) is 5.82 Å². The molecule has 0 atom stereocenters. The summed E-state index contributed by atoms with van der Waals surface area (Å²) in [6.07, 6.45) is 14.3. The zero-order valence-corrected chi connectivity index (χ0v) is 16.1. The first-order chi connectivity index (χ1) is 13.8. The lowest BCUT2D eigenvalue weighted by molar-refractivity contribution is 0.0740. The van der Waals surface area contributed by atoms with Gasteiger partial charge in [-0.3, -0.25) is 4.79 Å². The van der Waals surface area contributed by atoms with E-state index >= 15 is 0 Å². The molecular formula is C20H27N7O. The third-order valence-corrected chi connectivity index (χ3v) is 5.48. The highest BCUT2D eigenvalue weighted by Gasteiger charge is 2.24. The number of hydrogen-bond donors (Lipinski definition) is 1. The Bertz CT molecular complexity index is 752. The van der Waals surface area contributed by atoms with E-state index in [9.17, 15) is 4.79 Å². The maximum atomic E-state index is 12.7. The number of carbonyl (C=O) groups is 1. The van der Waals surface area contributed by atoms with E-state index in [1.54, 1.807) is 30.9 Å². The van der Waals surface area contributed by atoms with Gasteiger partial charge in [0.2, 0.25) is 5.95 Å². The third kappa shape index (κ3) is 4.55. The summed E-state index contributed by atoms with van der Waals surface area (Å²) in [5.74, 6) is 1.40. The molecule has 0 unspecified atom stereocenters. The maximum absolute atomic E-state index is 12.7. The lowest BCUT2D eigenvalue weighted by atomic mass is 10.1. The van der Waals surface area contributed by atoms with Crippen molar-refractivity contribution in [3.63, 3.8) is 0 Å². The molecule has 2 aliphatic rings. The Morgan fingerprint density at radius 2 is 1.61 bits per heavy atom. The zero-order chi connectivity index (χ0) is 19.2. The molecule has 148 valence electrons. The number of aromatic nitrogens is 4. The van der Waals surface area contributed by atoms with Gasteiger partial charge in [-0.05, 0) is 18.9 Å². The first-order valence-electron chi connectivity index (χ1n) is 10.2. The minimum atomic E-state index is -0.0675. The van der Waals surface area contributed by atoms with Crippen LogP contribution in [0.4, 0.5) is 11.8 Å². The van der Waals surface area contributed by atoms with E-state index in [2.05, 4.69) is 30.2 Å². The molecule has 0 radical (unpaired) electrons. The molecule has 0 bridgehead atoms. The minimum Gasteiger partial charge on any atom is -0.366 e. The van der Waals surface area contributed by atoms with Crippen molar-refractivity contribution in [1.29, 1.82) is 0 Å². The lowest BCUT2D eigenvalue weighted by Gasteiger charge is -2.34. The molecule has 1 saturated heterocycles. The quantitative estimate of drug-likeness (QED) is 0.814. The fourth-order valence-corrected chi connectivity index (χ4v) is 3.87. The highest BCUT2D eigenvalue weighted by Crippen LogP contribution is 2.20. The molecule has 4 rings (SSSR count). The molecule has 2 aromatic rings. The van der Waals surface area contributed by atoms with E-state index in [-0.39, 0.29) is 5.91 Å². The van der Waals surface area contributed by atoms with Gasteiger partial charge in [0.25, 0.3) is 5.91 Å². The van der Waals surface area contributed by atoms with Gasteiger partial charge >= 0.3 is 0 Å². The molecule has 2 aromatic heterocycles. The van der Waals surface area contributed by atoms with Crippen molar-refractivity contribution in [1.82, 2.24) is 24.8 Å². The van der Waals surface area contributed by atoms with E-state index in [4.69, 9.17) is 0 Å². The molecule has 1 aliphatic heterocycles. The maximum Gasteiger partial charge on any atom is 0.274 e. The monoisotopic (exact) mass is 381 g/mol. The first kappa shape index (κ1) is 18.6. The standard InChI is InChI=1S/C20H27N7O/c28-19(26-10-12-27(13-11-26)20-21-8-5-9-22-20)17-14-24-18(15-23-17)25-16-6-3-1-2-4-7-16/h5,8-9,14-16H,1-4,6-7,10-13H2,(H,24,25). The van der Waals surface area contributed by atoms with E-state index < -0.39 is 0 Å². The second-order valence-corrected chi connectivity index (χ2v) is 7.45. The van der Waals surface area contributed by atoms with Crippen LogP contribution in [0.5, 0.6) is 0 Å². The Morgan fingerprint density at radius 1 is 0.893 bits per heavy atom. The van der Waals surface area contributed by atoms with Gasteiger partial charge in [0.1, 0.15) is 11.5 Å². The van der Waals surface area contributed by atoms with Crippen LogP contribution >= 0.6 is 0 Å². The van der Waals surface area contributed by atoms with Crippen molar-refractivity contribution >= 4 is 17.7 Å². The van der Waals surface area contributed by atoms with Gasteiger partial charge in [-0.1, -0.05) is 25.7 Å². The molecule has 28 heavy (non-hydrogen) atoms. The number of piperazine rings is 1. The average Bonchev–Trinajstić information content (AvgIpc) is 3.03. The Labute approximate surface area is 165 Å². The molecule has 3 heterocycles. The fourth-order valence-electron chi connectivity index (χ4n) is 3.87. The largest absolute Gasteiger partial charge is 0.366 e. The lowest BCUT2D eigenvalue weighted by Crippen LogP contribution is -2.49. The average molecular weight is 381 g/mol. The third-order valence-electron chi connectivity index (χ3n) is 5.48. The number of amides is 1. The van der Waals surface area contributed by atoms with Crippen molar-refractivity contribution < 1.29 is 4.79 Å². The summed E-state index contributed by atoms with van der Waals surface area (Å²) < 4.78 is 0. The SMILES string of the molecule is O=C(c1cnc(NC2CCCCCC2)cn1)N1CCN(c2ncccn2)CC1. The molecule has 1 N–H and O–H groups in total. The predicted molar refractivity (Wildman–Crippen MR) is 107 cm³/mol. The minimum absolute atomic E-state index is 0.0675. The van der Waals surface area contributed by atoms with Gasteiger partial charge in [0, 0.05) is 44.6 Å². The molecule has 8 heteroatoms. The highest BCUT2D eigenvalue weighted by molar-refractivity contribution is 5.92. The number of hydrogen-bond acceptors (Lipinski definition) is 7. The molecule has 0 aromatic carbocycles. The van der Waals surface area contributed by atoms with Gasteiger partial charge in [0.15, 0.2) is 0 Å². The summed E-state index contributed by atoms with van der Waals surface area (Å²) in [5.41, 5.74) is 0.399. The molecule has 1 aliphatic carbocycles. The van der Waals surface area contributed by atoms with E-state index in [1.807, 2.05) is 4.90 Å². The zero-order valence-electron chi connectivity index (χ0n) is 16.1. The van der Waals surface area contributed by atoms with Crippen LogP contribution in [0.3, 0.4) is 0 Å². The van der Waals surface area contributed by atoms with Crippen LogP contribution in [-0.4, -0.2) is 63.0 Å². The molecule has 0 spiro atoms. The van der Waals surface area contributed by atoms with Crippen LogP contribution in [0.15, 0.2) is 30.9 Å². The molecule has 1 saturated carbocycles. The fraction of sp³-hybridized carbons (Fsp3) is 0.550. The van der Waals surface area contributed by atoms with Crippen LogP contribution in [-0.2, 0) is 0 Å². The van der Waals surface area contributed by atoms with Gasteiger partial charge < -0.3 is 15.1 Å². The van der Waals surface area contributed by atoms with Gasteiger partial charge in [-0.15, -0.1) is 0 Å². The summed E-state index contributed by atoms with van der Waals surface area (Å²) in [5, 5.41) is 3.47. The van der Waals surface area contributed by atoms with Crippen molar-refractivity contribution in [2.75, 3.05) is 36.4 Å². The summed E-state index contributed by atoms with van der Waals surface area (Å²) in [4.78, 5) is 34.0. The Balaban J connectivity index is 1.31. The second-order valence-electron chi connectivity index (χ2n) is 7.45. The number of nitrogens with zero attached hydrogens (tertiary/aromatic N) is 6. The highest BCUT2D eigenvalue weighted by atomic mass is 16.2. The Hall–Kier alpha value is -2.77. The van der Waals surface area contributed by atoms with Crippen LogP contribution < -0.4 is 10.2 Å². The number of carbonyl (C=O) groups excluding carboxylic acids is 1. The predicted octanol–water partition coefficient (Wildman–Crippen LogP) is 2.36. The van der Waals surface area contributed by atoms with Crippen molar-refractivity contribution in [2.45, 2.75) is 44.6 Å². The van der Waals surface area contributed by atoms with Crippen LogP contribution in [0.1, 0.15) is 49.0 Å². The smallest absolute Gasteiger partial charge is 0.274 e. The van der Waals surface area contributed by atoms with Gasteiger partial charge in [0.05, 0.1) is 12.4 Å². The van der Waals surface area contributed by atoms with E-state index in [1.165, 1.54) is 38.5 Å². The topological polar surface area (TPSA) is 87.1 Å². The van der Waals surface area contributed by atoms with Crippen LogP contribution in [0.25, 0.3) is 0 Å². The van der Waals surface area contributed by atoms with Crippen molar-refractivity contribution in [3.05, 3.63) is 36.5 Å². The molecular weight excluding hydrogens is 354 g/mol. The first-order valence-corrected chi connectivity index (χ1v) is 10.2. The summed E-state index contributed by atoms with van der Waals surface area (Å²) in [6.45, 7) is 2.68. The van der Waals surface area contributed by atoms with Crippen LogP contribution in [0, 0.1) is 0 Å². The van der Waals surface area contributed by atoms with E-state index in [0.29, 0.717) is 43.9 Å². The molecule has 1 amide bonds. The second kappa shape index (κ2) is 8.95. The van der Waals surface area contributed by atoms with Crippen LogP contribution in [0.2, 0.25) is 0 Å². The van der Waals surface area contributed by atoms with Gasteiger partial charge in [-0.25, -0.2) is 19.9 Å². The molecule has 8 nitrogen and oxygen atoms in total. The summed E-state index contributed by atoms with van der Waals surface area (Å²) in [6, 6.07) is 2.27. The molecule has 2 fully saturated rings. The summed E-state index contributed by atoms with van der Waals surface area (Å²) in [7, 11) is 0. The normalized spacial score (nSPS) is 18.6. The van der Waals surface area contributed by atoms with Gasteiger partial charge in [-0.2, -0.15) is 0 Å². The Kier molecular flexibility index (Phi) is 5.94. The Morgan fingerprint density at radius 3 is 2.25 bits per heavy atom. The number of rotatable bonds is 4. The van der Waals surface area contributed by atoms with Crippen molar-refractivity contribution in [2.24, 2.45) is 0 Å². The van der Waals surface area contributed by atoms with Crippen molar-refractivity contribution in [3.8, 4) is 0 Å².